The zero-order valence-corrected chi connectivity index (χ0v) is 9.97. The molecule has 0 amide bonds. The number of aliphatic carboxylic acids is 1. The molecule has 18 heavy (non-hydrogen) atoms. The fourth-order valence-electron chi connectivity index (χ4n) is 1.39. The lowest BCUT2D eigenvalue weighted by Gasteiger charge is -2.14. The van der Waals surface area contributed by atoms with E-state index in [1.165, 1.54) is 6.20 Å². The molecule has 0 aliphatic heterocycles. The Balaban J connectivity index is 3.08. The summed E-state index contributed by atoms with van der Waals surface area (Å²) >= 11 is 0. The highest BCUT2D eigenvalue weighted by molar-refractivity contribution is 6.05. The molecule has 0 saturated heterocycles. The van der Waals surface area contributed by atoms with Crippen molar-refractivity contribution in [2.45, 2.75) is 19.6 Å². The standard InChI is InChI=1S/C11H16N4O3/c1-2-6-3-7(10(12)11(13)18)8(4-14-6)15-5-9(16)17/h3-4,11-12,15,18H,2,5,13H2,1H3,(H,16,17). The van der Waals surface area contributed by atoms with Crippen molar-refractivity contribution in [1.82, 2.24) is 4.98 Å². The molecule has 6 N–H and O–H groups in total. The monoisotopic (exact) mass is 252 g/mol. The van der Waals surface area contributed by atoms with Gasteiger partial charge in [0.05, 0.1) is 17.6 Å². The van der Waals surface area contributed by atoms with E-state index in [0.29, 0.717) is 17.7 Å². The van der Waals surface area contributed by atoms with Gasteiger partial charge >= 0.3 is 5.97 Å². The summed E-state index contributed by atoms with van der Waals surface area (Å²) in [5.74, 6) is -1.03. The number of aliphatic hydroxyl groups excluding tert-OH is 1. The Kier molecular flexibility index (Phi) is 4.75. The summed E-state index contributed by atoms with van der Waals surface area (Å²) in [6, 6.07) is 1.61. The predicted molar refractivity (Wildman–Crippen MR) is 66.8 cm³/mol. The SMILES string of the molecule is CCc1cc(C(=N)C(N)O)c(NCC(=O)O)cn1. The molecule has 0 bridgehead atoms. The summed E-state index contributed by atoms with van der Waals surface area (Å²) in [7, 11) is 0. The van der Waals surface area contributed by atoms with Gasteiger partial charge in [0.1, 0.15) is 12.8 Å². The predicted octanol–water partition coefficient (Wildman–Crippen LogP) is -0.215. The van der Waals surface area contributed by atoms with Crippen LogP contribution in [0.25, 0.3) is 0 Å². The lowest BCUT2D eigenvalue weighted by Crippen LogP contribution is -2.31. The maximum Gasteiger partial charge on any atom is 0.322 e. The van der Waals surface area contributed by atoms with E-state index in [0.717, 1.165) is 5.69 Å². The summed E-state index contributed by atoms with van der Waals surface area (Å²) in [5, 5.41) is 28.2. The van der Waals surface area contributed by atoms with E-state index in [4.69, 9.17) is 16.2 Å². The maximum absolute atomic E-state index is 10.5. The number of carbonyl (C=O) groups is 1. The first-order chi connectivity index (χ1) is 8.45. The second kappa shape index (κ2) is 6.08. The van der Waals surface area contributed by atoms with Crippen LogP contribution in [0.3, 0.4) is 0 Å². The number of anilines is 1. The molecule has 0 saturated carbocycles. The minimum atomic E-state index is -1.41. The van der Waals surface area contributed by atoms with Crippen molar-refractivity contribution in [3.63, 3.8) is 0 Å². The van der Waals surface area contributed by atoms with Crippen LogP contribution in [-0.2, 0) is 11.2 Å². The molecule has 0 aliphatic rings. The average Bonchev–Trinajstić information content (AvgIpc) is 2.35. The topological polar surface area (TPSA) is 132 Å². The van der Waals surface area contributed by atoms with E-state index < -0.39 is 12.2 Å². The summed E-state index contributed by atoms with van der Waals surface area (Å²) in [6.07, 6.45) is 0.691. The number of aryl methyl sites for hydroxylation is 1. The molecule has 0 aliphatic carbocycles. The Morgan fingerprint density at radius 1 is 1.67 bits per heavy atom. The molecule has 0 fully saturated rings. The Bertz CT molecular complexity index is 460. The summed E-state index contributed by atoms with van der Waals surface area (Å²) in [6.45, 7) is 1.60. The second-order valence-corrected chi connectivity index (χ2v) is 3.68. The Morgan fingerprint density at radius 2 is 2.33 bits per heavy atom. The van der Waals surface area contributed by atoms with Crippen molar-refractivity contribution in [3.8, 4) is 0 Å². The van der Waals surface area contributed by atoms with Gasteiger partial charge in [-0.1, -0.05) is 6.92 Å². The number of hydrogen-bond acceptors (Lipinski definition) is 6. The molecule has 0 spiro atoms. The summed E-state index contributed by atoms with van der Waals surface area (Å²) < 4.78 is 0. The van der Waals surface area contributed by atoms with Crippen LogP contribution < -0.4 is 11.1 Å². The molecule has 1 unspecified atom stereocenters. The van der Waals surface area contributed by atoms with Crippen molar-refractivity contribution >= 4 is 17.4 Å². The van der Waals surface area contributed by atoms with Gasteiger partial charge in [-0.3, -0.25) is 9.78 Å². The third kappa shape index (κ3) is 3.51. The van der Waals surface area contributed by atoms with Crippen molar-refractivity contribution in [1.29, 1.82) is 5.41 Å². The van der Waals surface area contributed by atoms with Gasteiger partial charge in [0, 0.05) is 11.3 Å². The number of nitrogens with two attached hydrogens (primary N) is 1. The molecule has 1 heterocycles. The molecular weight excluding hydrogens is 236 g/mol. The minimum absolute atomic E-state index is 0.181. The summed E-state index contributed by atoms with van der Waals surface area (Å²) in [4.78, 5) is 14.6. The zero-order valence-electron chi connectivity index (χ0n) is 9.97. The van der Waals surface area contributed by atoms with Crippen LogP contribution in [0.5, 0.6) is 0 Å². The van der Waals surface area contributed by atoms with Gasteiger partial charge in [0.15, 0.2) is 0 Å². The maximum atomic E-state index is 10.5. The lowest BCUT2D eigenvalue weighted by molar-refractivity contribution is -0.134. The van der Waals surface area contributed by atoms with Crippen LogP contribution in [-0.4, -0.2) is 39.7 Å². The van der Waals surface area contributed by atoms with E-state index >= 15 is 0 Å². The van der Waals surface area contributed by atoms with Crippen molar-refractivity contribution in [2.24, 2.45) is 5.73 Å². The number of nitrogens with zero attached hydrogens (tertiary/aromatic N) is 1. The van der Waals surface area contributed by atoms with E-state index in [2.05, 4.69) is 10.3 Å². The number of pyridine rings is 1. The normalized spacial score (nSPS) is 11.9. The van der Waals surface area contributed by atoms with Crippen LogP contribution in [0.4, 0.5) is 5.69 Å². The fraction of sp³-hybridized carbons (Fsp3) is 0.364. The molecule has 1 aromatic rings. The van der Waals surface area contributed by atoms with E-state index in [1.54, 1.807) is 6.07 Å². The van der Waals surface area contributed by atoms with Gasteiger partial charge in [-0.05, 0) is 12.5 Å². The van der Waals surface area contributed by atoms with Gasteiger partial charge in [0.25, 0.3) is 0 Å². The van der Waals surface area contributed by atoms with E-state index in [1.807, 2.05) is 6.92 Å². The highest BCUT2D eigenvalue weighted by atomic mass is 16.4. The highest BCUT2D eigenvalue weighted by Crippen LogP contribution is 2.17. The largest absolute Gasteiger partial charge is 0.480 e. The first kappa shape index (κ1) is 14.1. The molecule has 7 nitrogen and oxygen atoms in total. The van der Waals surface area contributed by atoms with Gasteiger partial charge in [-0.25, -0.2) is 0 Å². The van der Waals surface area contributed by atoms with Gasteiger partial charge in [-0.2, -0.15) is 0 Å². The highest BCUT2D eigenvalue weighted by Gasteiger charge is 2.14. The number of hydrogen-bond donors (Lipinski definition) is 5. The van der Waals surface area contributed by atoms with Crippen molar-refractivity contribution < 1.29 is 15.0 Å². The smallest absolute Gasteiger partial charge is 0.322 e. The van der Waals surface area contributed by atoms with Gasteiger partial charge in [-0.15, -0.1) is 0 Å². The number of aromatic nitrogens is 1. The first-order valence-corrected chi connectivity index (χ1v) is 5.42. The molecule has 0 aromatic carbocycles. The average molecular weight is 252 g/mol. The molecule has 1 atom stereocenters. The van der Waals surface area contributed by atoms with Gasteiger partial charge < -0.3 is 26.7 Å². The third-order valence-corrected chi connectivity index (χ3v) is 2.34. The van der Waals surface area contributed by atoms with Crippen LogP contribution in [0, 0.1) is 5.41 Å². The van der Waals surface area contributed by atoms with Gasteiger partial charge in [0.2, 0.25) is 0 Å². The number of nitrogens with one attached hydrogen (secondary N) is 2. The Morgan fingerprint density at radius 3 is 2.83 bits per heavy atom. The molecule has 1 aromatic heterocycles. The lowest BCUT2D eigenvalue weighted by atomic mass is 10.1. The zero-order chi connectivity index (χ0) is 13.7. The van der Waals surface area contributed by atoms with E-state index in [9.17, 15) is 9.90 Å². The number of carboxylic acid groups (broad SMARTS) is 1. The van der Waals surface area contributed by atoms with E-state index in [-0.39, 0.29) is 12.3 Å². The molecule has 0 radical (unpaired) electrons. The van der Waals surface area contributed by atoms with Crippen LogP contribution in [0.1, 0.15) is 18.2 Å². The minimum Gasteiger partial charge on any atom is -0.480 e. The third-order valence-electron chi connectivity index (χ3n) is 2.34. The molecule has 1 rings (SSSR count). The van der Waals surface area contributed by atoms with Crippen LogP contribution in [0.15, 0.2) is 12.3 Å². The number of carboxylic acids is 1. The Hall–Kier alpha value is -1.99. The van der Waals surface area contributed by atoms with Crippen LogP contribution in [0.2, 0.25) is 0 Å². The quantitative estimate of drug-likeness (QED) is 0.351. The first-order valence-electron chi connectivity index (χ1n) is 5.42. The fourth-order valence-corrected chi connectivity index (χ4v) is 1.39. The molecular formula is C11H16N4O3. The molecule has 98 valence electrons. The van der Waals surface area contributed by atoms with Crippen LogP contribution >= 0.6 is 0 Å². The summed E-state index contributed by atoms with van der Waals surface area (Å²) in [5.41, 5.74) is 6.53. The molecule has 7 heteroatoms. The van der Waals surface area contributed by atoms with Crippen molar-refractivity contribution in [3.05, 3.63) is 23.5 Å². The second-order valence-electron chi connectivity index (χ2n) is 3.68. The number of aliphatic hydroxyl groups is 1. The number of rotatable bonds is 6. The Labute approximate surface area is 104 Å². The van der Waals surface area contributed by atoms with Crippen molar-refractivity contribution in [2.75, 3.05) is 11.9 Å².